The zero-order valence-corrected chi connectivity index (χ0v) is 18.0. The van der Waals surface area contributed by atoms with E-state index in [-0.39, 0.29) is 11.8 Å². The Bertz CT molecular complexity index is 952. The van der Waals surface area contributed by atoms with Gasteiger partial charge in [0.25, 0.3) is 11.8 Å². The van der Waals surface area contributed by atoms with E-state index in [9.17, 15) is 9.59 Å². The summed E-state index contributed by atoms with van der Waals surface area (Å²) >= 11 is 0. The summed E-state index contributed by atoms with van der Waals surface area (Å²) < 4.78 is 0. The summed E-state index contributed by atoms with van der Waals surface area (Å²) in [6.07, 6.45) is 6.59. The Balaban J connectivity index is 1.71. The molecule has 0 radical (unpaired) electrons. The molecule has 2 amide bonds. The van der Waals surface area contributed by atoms with Crippen LogP contribution in [-0.4, -0.2) is 29.8 Å². The van der Waals surface area contributed by atoms with E-state index in [4.69, 9.17) is 0 Å². The minimum Gasteiger partial charge on any atom is -0.366 e. The maximum Gasteiger partial charge on any atom is 0.282 e. The Morgan fingerprint density at radius 1 is 0.833 bits per heavy atom. The molecule has 0 unspecified atom stereocenters. The van der Waals surface area contributed by atoms with Crippen LogP contribution in [0.25, 0.3) is 5.57 Å². The minimum absolute atomic E-state index is 0.196. The standard InChI is InChI=1S/C26H30N2O2/c1-3-4-8-20-11-15-22(16-12-20)28-25(29)23(21-13-9-19(2)10-14-21)24(26(28)30)27-17-6-5-7-18-27/h9-16H,3-8,17-18H2,1-2H3. The van der Waals surface area contributed by atoms with Crippen LogP contribution in [0.2, 0.25) is 0 Å². The summed E-state index contributed by atoms with van der Waals surface area (Å²) in [5.74, 6) is -0.412. The third kappa shape index (κ3) is 3.91. The molecule has 2 aromatic rings. The van der Waals surface area contributed by atoms with E-state index in [0.717, 1.165) is 56.3 Å². The van der Waals surface area contributed by atoms with Crippen molar-refractivity contribution in [3.05, 3.63) is 70.9 Å². The number of hydrogen-bond donors (Lipinski definition) is 0. The highest BCUT2D eigenvalue weighted by Crippen LogP contribution is 2.36. The number of nitrogens with zero attached hydrogens (tertiary/aromatic N) is 2. The van der Waals surface area contributed by atoms with Gasteiger partial charge < -0.3 is 4.90 Å². The number of unbranched alkanes of at least 4 members (excludes halogenated alkanes) is 1. The summed E-state index contributed by atoms with van der Waals surface area (Å²) in [6.45, 7) is 5.86. The van der Waals surface area contributed by atoms with Gasteiger partial charge in [0.15, 0.2) is 0 Å². The first-order valence-corrected chi connectivity index (χ1v) is 11.1. The van der Waals surface area contributed by atoms with Crippen molar-refractivity contribution < 1.29 is 9.59 Å². The van der Waals surface area contributed by atoms with Crippen LogP contribution < -0.4 is 4.90 Å². The van der Waals surface area contributed by atoms with Crippen LogP contribution in [0, 0.1) is 6.92 Å². The van der Waals surface area contributed by atoms with E-state index in [1.54, 1.807) is 0 Å². The zero-order chi connectivity index (χ0) is 21.1. The van der Waals surface area contributed by atoms with E-state index in [0.29, 0.717) is 17.0 Å². The second-order valence-corrected chi connectivity index (χ2v) is 8.35. The lowest BCUT2D eigenvalue weighted by molar-refractivity contribution is -0.120. The molecule has 2 heterocycles. The van der Waals surface area contributed by atoms with Crippen LogP contribution in [0.3, 0.4) is 0 Å². The molecule has 0 bridgehead atoms. The summed E-state index contributed by atoms with van der Waals surface area (Å²) in [6, 6.07) is 15.8. The lowest BCUT2D eigenvalue weighted by Crippen LogP contribution is -2.37. The predicted molar refractivity (Wildman–Crippen MR) is 121 cm³/mol. The molecule has 0 aromatic heterocycles. The SMILES string of the molecule is CCCCc1ccc(N2C(=O)C(c3ccc(C)cc3)=C(N3CCCCC3)C2=O)cc1. The van der Waals surface area contributed by atoms with Gasteiger partial charge in [-0.2, -0.15) is 0 Å². The highest BCUT2D eigenvalue weighted by Gasteiger charge is 2.42. The molecule has 156 valence electrons. The van der Waals surface area contributed by atoms with Gasteiger partial charge in [-0.05, 0) is 62.3 Å². The monoisotopic (exact) mass is 402 g/mol. The van der Waals surface area contributed by atoms with Crippen molar-refractivity contribution in [2.45, 2.75) is 52.4 Å². The number of likely N-dealkylation sites (tertiary alicyclic amines) is 1. The smallest absolute Gasteiger partial charge is 0.282 e. The topological polar surface area (TPSA) is 40.6 Å². The van der Waals surface area contributed by atoms with E-state index in [2.05, 4.69) is 11.8 Å². The fourth-order valence-electron chi connectivity index (χ4n) is 4.34. The molecule has 0 spiro atoms. The van der Waals surface area contributed by atoms with Crippen molar-refractivity contribution in [3.63, 3.8) is 0 Å². The van der Waals surface area contributed by atoms with Gasteiger partial charge in [0.1, 0.15) is 5.70 Å². The number of hydrogen-bond acceptors (Lipinski definition) is 3. The number of benzene rings is 2. The maximum absolute atomic E-state index is 13.5. The molecule has 2 aromatic carbocycles. The number of anilines is 1. The van der Waals surface area contributed by atoms with E-state index >= 15 is 0 Å². The molecule has 4 heteroatoms. The van der Waals surface area contributed by atoms with Crippen molar-refractivity contribution in [2.24, 2.45) is 0 Å². The Labute approximate surface area is 179 Å². The van der Waals surface area contributed by atoms with Crippen LogP contribution in [0.15, 0.2) is 54.2 Å². The Hall–Kier alpha value is -2.88. The van der Waals surface area contributed by atoms with Crippen molar-refractivity contribution in [1.82, 2.24) is 4.90 Å². The van der Waals surface area contributed by atoms with E-state index in [1.165, 1.54) is 16.9 Å². The Morgan fingerprint density at radius 3 is 2.13 bits per heavy atom. The Morgan fingerprint density at radius 2 is 1.50 bits per heavy atom. The van der Waals surface area contributed by atoms with Crippen LogP contribution in [0.4, 0.5) is 5.69 Å². The molecule has 1 saturated heterocycles. The molecule has 4 nitrogen and oxygen atoms in total. The first kappa shape index (κ1) is 20.4. The van der Waals surface area contributed by atoms with Gasteiger partial charge in [0.05, 0.1) is 11.3 Å². The third-order valence-corrected chi connectivity index (χ3v) is 6.09. The second-order valence-electron chi connectivity index (χ2n) is 8.35. The molecule has 4 rings (SSSR count). The van der Waals surface area contributed by atoms with Gasteiger partial charge >= 0.3 is 0 Å². The molecule has 2 aliphatic rings. The average Bonchev–Trinajstić information content (AvgIpc) is 3.04. The molecular weight excluding hydrogens is 372 g/mol. The number of amides is 2. The number of imide groups is 1. The molecular formula is C26H30N2O2. The number of aryl methyl sites for hydroxylation is 2. The lowest BCUT2D eigenvalue weighted by Gasteiger charge is -2.29. The number of rotatable bonds is 6. The third-order valence-electron chi connectivity index (χ3n) is 6.09. The highest BCUT2D eigenvalue weighted by molar-refractivity contribution is 6.45. The summed E-state index contributed by atoms with van der Waals surface area (Å²) in [5.41, 5.74) is 4.96. The summed E-state index contributed by atoms with van der Waals surface area (Å²) in [5, 5.41) is 0. The lowest BCUT2D eigenvalue weighted by atomic mass is 10.0. The number of carbonyl (C=O) groups excluding carboxylic acids is 2. The summed E-state index contributed by atoms with van der Waals surface area (Å²) in [7, 11) is 0. The Kier molecular flexibility index (Phi) is 6.03. The fraction of sp³-hybridized carbons (Fsp3) is 0.385. The molecule has 30 heavy (non-hydrogen) atoms. The van der Waals surface area contributed by atoms with Crippen molar-refractivity contribution >= 4 is 23.1 Å². The van der Waals surface area contributed by atoms with Gasteiger partial charge in [0, 0.05) is 13.1 Å². The minimum atomic E-state index is -0.217. The van der Waals surface area contributed by atoms with Crippen molar-refractivity contribution in [1.29, 1.82) is 0 Å². The normalized spacial score (nSPS) is 17.3. The van der Waals surface area contributed by atoms with E-state index < -0.39 is 0 Å². The van der Waals surface area contributed by atoms with Crippen LogP contribution in [0.5, 0.6) is 0 Å². The molecule has 1 fully saturated rings. The highest BCUT2D eigenvalue weighted by atomic mass is 16.2. The average molecular weight is 403 g/mol. The van der Waals surface area contributed by atoms with Gasteiger partial charge in [-0.1, -0.05) is 55.3 Å². The van der Waals surface area contributed by atoms with Gasteiger partial charge in [-0.15, -0.1) is 0 Å². The number of carbonyl (C=O) groups is 2. The van der Waals surface area contributed by atoms with Crippen molar-refractivity contribution in [3.8, 4) is 0 Å². The first-order chi connectivity index (χ1) is 14.6. The second kappa shape index (κ2) is 8.86. The summed E-state index contributed by atoms with van der Waals surface area (Å²) in [4.78, 5) is 30.5. The van der Waals surface area contributed by atoms with Crippen LogP contribution in [0.1, 0.15) is 55.7 Å². The predicted octanol–water partition coefficient (Wildman–Crippen LogP) is 5.11. The van der Waals surface area contributed by atoms with Gasteiger partial charge in [0.2, 0.25) is 0 Å². The molecule has 0 atom stereocenters. The largest absolute Gasteiger partial charge is 0.366 e. The van der Waals surface area contributed by atoms with Crippen molar-refractivity contribution in [2.75, 3.05) is 18.0 Å². The van der Waals surface area contributed by atoms with Gasteiger partial charge in [-0.25, -0.2) is 4.90 Å². The zero-order valence-electron chi connectivity index (χ0n) is 18.0. The first-order valence-electron chi connectivity index (χ1n) is 11.1. The number of piperidine rings is 1. The molecule has 0 saturated carbocycles. The molecule has 2 aliphatic heterocycles. The van der Waals surface area contributed by atoms with Gasteiger partial charge in [-0.3, -0.25) is 9.59 Å². The van der Waals surface area contributed by atoms with Crippen LogP contribution in [-0.2, 0) is 16.0 Å². The quantitative estimate of drug-likeness (QED) is 0.631. The maximum atomic E-state index is 13.5. The fourth-order valence-corrected chi connectivity index (χ4v) is 4.34. The molecule has 0 N–H and O–H groups in total. The van der Waals surface area contributed by atoms with E-state index in [1.807, 2.05) is 55.5 Å². The van der Waals surface area contributed by atoms with Crippen LogP contribution >= 0.6 is 0 Å². The molecule has 0 aliphatic carbocycles.